The number of fused-ring (bicyclic) bond motifs is 1. The monoisotopic (exact) mass is 418 g/mol. The number of hydrogen-bond donors (Lipinski definition) is 3. The first-order chi connectivity index (χ1) is 13.7. The van der Waals surface area contributed by atoms with Crippen molar-refractivity contribution < 1.29 is 4.79 Å². The molecule has 0 aromatic carbocycles. The lowest BCUT2D eigenvalue weighted by Crippen LogP contribution is -2.48. The summed E-state index contributed by atoms with van der Waals surface area (Å²) in [6.45, 7) is 7.92. The standard InChI is InChI=1S/C19H30N8OS/c1-12-20-8-7-15(22-12)23-17-14-11-27(19(2,3)16(14)24-25-17)18(28)21-9-13(29-6)10-26(4)5/h7-8,13H,9-11H2,1-6H3,(H,21,28)(H2,20,22,23,24,25). The number of H-pyrrole nitrogens is 1. The van der Waals surface area contributed by atoms with Crippen LogP contribution in [0.5, 0.6) is 0 Å². The van der Waals surface area contributed by atoms with Crippen molar-refractivity contribution in [2.45, 2.75) is 38.1 Å². The highest BCUT2D eigenvalue weighted by Gasteiger charge is 2.43. The average molecular weight is 419 g/mol. The minimum atomic E-state index is -0.482. The first-order valence-corrected chi connectivity index (χ1v) is 10.9. The molecule has 10 heteroatoms. The number of aromatic amines is 1. The molecule has 0 saturated carbocycles. The number of anilines is 2. The summed E-state index contributed by atoms with van der Waals surface area (Å²) >= 11 is 1.76. The number of urea groups is 1. The van der Waals surface area contributed by atoms with Crippen molar-refractivity contribution in [1.82, 2.24) is 35.3 Å². The van der Waals surface area contributed by atoms with Crippen molar-refractivity contribution in [2.75, 3.05) is 38.8 Å². The molecule has 2 amide bonds. The normalized spacial score (nSPS) is 16.0. The summed E-state index contributed by atoms with van der Waals surface area (Å²) in [4.78, 5) is 25.4. The molecule has 3 heterocycles. The Balaban J connectivity index is 1.71. The van der Waals surface area contributed by atoms with E-state index in [1.165, 1.54) is 0 Å². The summed E-state index contributed by atoms with van der Waals surface area (Å²) in [6.07, 6.45) is 3.78. The van der Waals surface area contributed by atoms with E-state index in [2.05, 4.69) is 42.0 Å². The van der Waals surface area contributed by atoms with Crippen LogP contribution in [0.3, 0.4) is 0 Å². The molecule has 0 bridgehead atoms. The number of nitrogens with zero attached hydrogens (tertiary/aromatic N) is 5. The van der Waals surface area contributed by atoms with E-state index in [9.17, 15) is 4.79 Å². The number of nitrogens with one attached hydrogen (secondary N) is 3. The van der Waals surface area contributed by atoms with Gasteiger partial charge in [-0.3, -0.25) is 5.10 Å². The van der Waals surface area contributed by atoms with Crippen molar-refractivity contribution in [1.29, 1.82) is 0 Å². The molecule has 0 spiro atoms. The molecule has 158 valence electrons. The summed E-state index contributed by atoms with van der Waals surface area (Å²) in [5.74, 6) is 2.06. The zero-order valence-corrected chi connectivity index (χ0v) is 18.7. The highest BCUT2D eigenvalue weighted by molar-refractivity contribution is 7.99. The van der Waals surface area contributed by atoms with Crippen molar-refractivity contribution in [2.24, 2.45) is 0 Å². The van der Waals surface area contributed by atoms with Crippen LogP contribution in [0.25, 0.3) is 0 Å². The number of carbonyl (C=O) groups excluding carboxylic acids is 1. The van der Waals surface area contributed by atoms with Crippen LogP contribution < -0.4 is 10.6 Å². The van der Waals surface area contributed by atoms with E-state index >= 15 is 0 Å². The van der Waals surface area contributed by atoms with Crippen LogP contribution in [0, 0.1) is 6.92 Å². The van der Waals surface area contributed by atoms with Gasteiger partial charge in [0.15, 0.2) is 5.82 Å². The third kappa shape index (κ3) is 4.64. The Morgan fingerprint density at radius 2 is 2.21 bits per heavy atom. The summed E-state index contributed by atoms with van der Waals surface area (Å²) in [6, 6.07) is 1.73. The van der Waals surface area contributed by atoms with Gasteiger partial charge in [0.1, 0.15) is 11.6 Å². The van der Waals surface area contributed by atoms with E-state index in [4.69, 9.17) is 0 Å². The summed E-state index contributed by atoms with van der Waals surface area (Å²) in [5.41, 5.74) is 1.44. The first kappa shape index (κ1) is 21.4. The van der Waals surface area contributed by atoms with E-state index < -0.39 is 5.54 Å². The zero-order valence-electron chi connectivity index (χ0n) is 17.9. The Kier molecular flexibility index (Phi) is 6.33. The number of amides is 2. The molecule has 1 aliphatic heterocycles. The zero-order chi connectivity index (χ0) is 21.2. The van der Waals surface area contributed by atoms with Gasteiger partial charge in [0.05, 0.1) is 17.8 Å². The van der Waals surface area contributed by atoms with E-state index in [0.29, 0.717) is 35.8 Å². The van der Waals surface area contributed by atoms with Crippen LogP contribution in [0.2, 0.25) is 0 Å². The molecule has 2 aromatic heterocycles. The predicted octanol–water partition coefficient (Wildman–Crippen LogP) is 2.31. The van der Waals surface area contributed by atoms with Crippen LogP contribution in [0.1, 0.15) is 30.9 Å². The number of rotatable bonds is 7. The second kappa shape index (κ2) is 8.58. The van der Waals surface area contributed by atoms with Gasteiger partial charge in [-0.05, 0) is 47.2 Å². The van der Waals surface area contributed by atoms with Crippen LogP contribution in [-0.4, -0.2) is 74.7 Å². The second-order valence-electron chi connectivity index (χ2n) is 7.99. The van der Waals surface area contributed by atoms with Gasteiger partial charge in [-0.25, -0.2) is 14.8 Å². The van der Waals surface area contributed by atoms with Crippen LogP contribution in [0.4, 0.5) is 16.4 Å². The maximum atomic E-state index is 13.0. The number of carbonyl (C=O) groups is 1. The molecule has 0 saturated heterocycles. The predicted molar refractivity (Wildman–Crippen MR) is 116 cm³/mol. The van der Waals surface area contributed by atoms with E-state index in [1.54, 1.807) is 24.0 Å². The van der Waals surface area contributed by atoms with Gasteiger partial charge in [-0.2, -0.15) is 16.9 Å². The molecule has 3 N–H and O–H groups in total. The fraction of sp³-hybridized carbons (Fsp3) is 0.579. The molecule has 0 aliphatic carbocycles. The maximum absolute atomic E-state index is 13.0. The Bertz CT molecular complexity index is 866. The SMILES string of the molecule is CSC(CNC(=O)N1Cc2c(Nc3ccnc(C)n3)n[nH]c2C1(C)C)CN(C)C. The van der Waals surface area contributed by atoms with Crippen molar-refractivity contribution in [3.05, 3.63) is 29.3 Å². The number of aryl methyl sites for hydroxylation is 1. The molecule has 0 radical (unpaired) electrons. The largest absolute Gasteiger partial charge is 0.337 e. The summed E-state index contributed by atoms with van der Waals surface area (Å²) in [5, 5.41) is 14.2. The highest BCUT2D eigenvalue weighted by Crippen LogP contribution is 2.40. The molecule has 1 unspecified atom stereocenters. The Morgan fingerprint density at radius 3 is 2.86 bits per heavy atom. The van der Waals surface area contributed by atoms with Gasteiger partial charge < -0.3 is 20.4 Å². The van der Waals surface area contributed by atoms with Gasteiger partial charge in [0.25, 0.3) is 0 Å². The van der Waals surface area contributed by atoms with Gasteiger partial charge in [0, 0.05) is 30.1 Å². The Morgan fingerprint density at radius 1 is 1.45 bits per heavy atom. The minimum absolute atomic E-state index is 0.0683. The fourth-order valence-electron chi connectivity index (χ4n) is 3.52. The van der Waals surface area contributed by atoms with E-state index in [-0.39, 0.29) is 6.03 Å². The smallest absolute Gasteiger partial charge is 0.318 e. The van der Waals surface area contributed by atoms with E-state index in [0.717, 1.165) is 17.8 Å². The Hall–Kier alpha value is -2.33. The van der Waals surface area contributed by atoms with Gasteiger partial charge >= 0.3 is 6.03 Å². The molecule has 1 aliphatic rings. The molecular formula is C19H30N8OS. The van der Waals surface area contributed by atoms with Gasteiger partial charge in [0.2, 0.25) is 0 Å². The van der Waals surface area contributed by atoms with E-state index in [1.807, 2.05) is 39.8 Å². The third-order valence-corrected chi connectivity index (χ3v) is 6.10. The quantitative estimate of drug-likeness (QED) is 0.634. The van der Waals surface area contributed by atoms with Crippen molar-refractivity contribution >= 4 is 29.4 Å². The second-order valence-corrected chi connectivity index (χ2v) is 9.13. The molecule has 2 aromatic rings. The fourth-order valence-corrected chi connectivity index (χ4v) is 4.22. The maximum Gasteiger partial charge on any atom is 0.318 e. The lowest BCUT2D eigenvalue weighted by molar-refractivity contribution is 0.142. The molecule has 9 nitrogen and oxygen atoms in total. The lowest BCUT2D eigenvalue weighted by atomic mass is 10.0. The third-order valence-electron chi connectivity index (χ3n) is 5.12. The topological polar surface area (TPSA) is 102 Å². The van der Waals surface area contributed by atoms with Gasteiger partial charge in [-0.1, -0.05) is 0 Å². The van der Waals surface area contributed by atoms with Crippen LogP contribution >= 0.6 is 11.8 Å². The molecular weight excluding hydrogens is 388 g/mol. The van der Waals surface area contributed by atoms with Crippen molar-refractivity contribution in [3.63, 3.8) is 0 Å². The molecule has 1 atom stereocenters. The lowest BCUT2D eigenvalue weighted by Gasteiger charge is -2.32. The van der Waals surface area contributed by atoms with Crippen LogP contribution in [-0.2, 0) is 12.1 Å². The van der Waals surface area contributed by atoms with Crippen LogP contribution in [0.15, 0.2) is 12.3 Å². The summed E-state index contributed by atoms with van der Waals surface area (Å²) in [7, 11) is 4.09. The molecule has 29 heavy (non-hydrogen) atoms. The number of aromatic nitrogens is 4. The average Bonchev–Trinajstić information content (AvgIpc) is 3.16. The minimum Gasteiger partial charge on any atom is -0.337 e. The first-order valence-electron chi connectivity index (χ1n) is 9.59. The van der Waals surface area contributed by atoms with Crippen molar-refractivity contribution in [3.8, 4) is 0 Å². The highest BCUT2D eigenvalue weighted by atomic mass is 32.2. The molecule has 0 fully saturated rings. The Labute approximate surface area is 176 Å². The molecule has 3 rings (SSSR count). The van der Waals surface area contributed by atoms with Gasteiger partial charge in [-0.15, -0.1) is 0 Å². The number of hydrogen-bond acceptors (Lipinski definition) is 7. The number of thioether (sulfide) groups is 1. The summed E-state index contributed by atoms with van der Waals surface area (Å²) < 4.78 is 0.